The SMILES string of the molecule is Cl.O=c1c2c(F)cc(C3CC3)cc2ccn1-c1cccc(-c2nc(-c3cnn(C4CCNCC4)c3)cn3nccc23)c1CO. The van der Waals surface area contributed by atoms with Crippen LogP contribution in [-0.2, 0) is 6.61 Å². The smallest absolute Gasteiger partial charge is 0.265 e. The van der Waals surface area contributed by atoms with Gasteiger partial charge in [-0.25, -0.2) is 13.9 Å². The molecular weight excluding hydrogens is 581 g/mol. The van der Waals surface area contributed by atoms with E-state index in [1.165, 1.54) is 10.6 Å². The van der Waals surface area contributed by atoms with E-state index in [2.05, 4.69) is 15.5 Å². The van der Waals surface area contributed by atoms with E-state index in [9.17, 15) is 9.90 Å². The molecule has 8 rings (SSSR count). The second-order valence-electron chi connectivity index (χ2n) is 11.5. The zero-order chi connectivity index (χ0) is 29.1. The van der Waals surface area contributed by atoms with E-state index in [0.717, 1.165) is 55.4 Å². The largest absolute Gasteiger partial charge is 0.392 e. The topological polar surface area (TPSA) is 102 Å². The minimum Gasteiger partial charge on any atom is -0.392 e. The van der Waals surface area contributed by atoms with Crippen LogP contribution in [0, 0.1) is 5.82 Å². The van der Waals surface area contributed by atoms with Crippen LogP contribution in [-0.4, -0.2) is 47.1 Å². The maximum Gasteiger partial charge on any atom is 0.265 e. The lowest BCUT2D eigenvalue weighted by molar-refractivity contribution is 0.282. The molecule has 0 atom stereocenters. The summed E-state index contributed by atoms with van der Waals surface area (Å²) in [6.07, 6.45) is 13.2. The molecule has 2 aromatic carbocycles. The number of fused-ring (bicyclic) bond motifs is 2. The molecule has 1 aliphatic heterocycles. The predicted molar refractivity (Wildman–Crippen MR) is 169 cm³/mol. The fourth-order valence-electron chi connectivity index (χ4n) is 6.39. The van der Waals surface area contributed by atoms with Crippen LogP contribution in [0.1, 0.15) is 48.8 Å². The predicted octanol–water partition coefficient (Wildman–Crippen LogP) is 5.42. The van der Waals surface area contributed by atoms with Crippen molar-refractivity contribution in [3.8, 4) is 28.2 Å². The van der Waals surface area contributed by atoms with E-state index in [-0.39, 0.29) is 24.4 Å². The van der Waals surface area contributed by atoms with Crippen LogP contribution < -0.4 is 10.9 Å². The highest BCUT2D eigenvalue weighted by Crippen LogP contribution is 2.41. The van der Waals surface area contributed by atoms with Crippen molar-refractivity contribution in [1.29, 1.82) is 0 Å². The summed E-state index contributed by atoms with van der Waals surface area (Å²) < 4.78 is 20.5. The quantitative estimate of drug-likeness (QED) is 0.261. The fraction of sp³-hybridized carbons (Fsp3) is 0.273. The number of nitrogens with zero attached hydrogens (tertiary/aromatic N) is 6. The molecule has 0 unspecified atom stereocenters. The van der Waals surface area contributed by atoms with Gasteiger partial charge in [0, 0.05) is 29.1 Å². The molecule has 0 amide bonds. The highest BCUT2D eigenvalue weighted by atomic mass is 35.5. The summed E-state index contributed by atoms with van der Waals surface area (Å²) in [6.45, 7) is 1.59. The minimum absolute atomic E-state index is 0. The van der Waals surface area contributed by atoms with Gasteiger partial charge in [-0.15, -0.1) is 12.4 Å². The number of aliphatic hydroxyl groups is 1. The lowest BCUT2D eigenvalue weighted by atomic mass is 10.0. The first-order valence-corrected chi connectivity index (χ1v) is 14.8. The Morgan fingerprint density at radius 3 is 2.66 bits per heavy atom. The number of hydrogen-bond acceptors (Lipinski definition) is 6. The third-order valence-electron chi connectivity index (χ3n) is 8.82. The number of hydrogen-bond donors (Lipinski definition) is 2. The van der Waals surface area contributed by atoms with Crippen LogP contribution in [0.15, 0.2) is 78.2 Å². The van der Waals surface area contributed by atoms with E-state index >= 15 is 4.39 Å². The van der Waals surface area contributed by atoms with Crippen molar-refractivity contribution in [1.82, 2.24) is 34.3 Å². The Balaban J connectivity index is 0.00000312. The van der Waals surface area contributed by atoms with Crippen molar-refractivity contribution >= 4 is 28.7 Å². The van der Waals surface area contributed by atoms with Crippen molar-refractivity contribution in [3.05, 3.63) is 101 Å². The zero-order valence-electron chi connectivity index (χ0n) is 23.9. The third-order valence-corrected chi connectivity index (χ3v) is 8.82. The molecular formula is C33H31ClFN7O2. The molecule has 6 aromatic rings. The van der Waals surface area contributed by atoms with Gasteiger partial charge < -0.3 is 10.4 Å². The van der Waals surface area contributed by atoms with Gasteiger partial charge in [0.1, 0.15) is 5.82 Å². The molecule has 0 spiro atoms. The van der Waals surface area contributed by atoms with Crippen molar-refractivity contribution in [2.24, 2.45) is 0 Å². The van der Waals surface area contributed by atoms with Gasteiger partial charge in [-0.05, 0) is 79.9 Å². The van der Waals surface area contributed by atoms with E-state index in [1.54, 1.807) is 29.0 Å². The first-order valence-electron chi connectivity index (χ1n) is 14.8. The molecule has 224 valence electrons. The molecule has 9 nitrogen and oxygen atoms in total. The summed E-state index contributed by atoms with van der Waals surface area (Å²) in [6, 6.07) is 12.9. The molecule has 44 heavy (non-hydrogen) atoms. The van der Waals surface area contributed by atoms with Crippen LogP contribution in [0.3, 0.4) is 0 Å². The number of rotatable bonds is 6. The number of halogens is 2. The Morgan fingerprint density at radius 2 is 1.86 bits per heavy atom. The van der Waals surface area contributed by atoms with Gasteiger partial charge in [-0.1, -0.05) is 18.2 Å². The number of benzene rings is 2. The van der Waals surface area contributed by atoms with Gasteiger partial charge in [-0.3, -0.25) is 14.0 Å². The molecule has 11 heteroatoms. The Hall–Kier alpha value is -4.38. The normalized spacial score (nSPS) is 15.6. The van der Waals surface area contributed by atoms with Crippen molar-refractivity contribution < 1.29 is 9.50 Å². The number of nitrogens with one attached hydrogen (secondary N) is 1. The van der Waals surface area contributed by atoms with Gasteiger partial charge >= 0.3 is 0 Å². The van der Waals surface area contributed by atoms with Gasteiger partial charge in [0.05, 0.1) is 59.2 Å². The maximum atomic E-state index is 15.3. The maximum absolute atomic E-state index is 15.3. The fourth-order valence-corrected chi connectivity index (χ4v) is 6.39. The molecule has 2 aliphatic rings. The van der Waals surface area contributed by atoms with Crippen molar-refractivity contribution in [2.75, 3.05) is 13.1 Å². The van der Waals surface area contributed by atoms with Crippen LogP contribution in [0.4, 0.5) is 4.39 Å². The van der Waals surface area contributed by atoms with Gasteiger partial charge in [0.15, 0.2) is 0 Å². The average molecular weight is 612 g/mol. The second-order valence-corrected chi connectivity index (χ2v) is 11.5. The summed E-state index contributed by atoms with van der Waals surface area (Å²) >= 11 is 0. The monoisotopic (exact) mass is 611 g/mol. The number of pyridine rings is 1. The summed E-state index contributed by atoms with van der Waals surface area (Å²) in [5.41, 5.74) is 5.05. The van der Waals surface area contributed by atoms with E-state index in [0.29, 0.717) is 45.5 Å². The van der Waals surface area contributed by atoms with E-state index < -0.39 is 11.4 Å². The van der Waals surface area contributed by atoms with E-state index in [4.69, 9.17) is 4.98 Å². The van der Waals surface area contributed by atoms with Gasteiger partial charge in [0.25, 0.3) is 5.56 Å². The summed E-state index contributed by atoms with van der Waals surface area (Å²) in [5.74, 6) is -0.137. The number of piperidine rings is 1. The summed E-state index contributed by atoms with van der Waals surface area (Å²) in [4.78, 5) is 18.8. The first-order chi connectivity index (χ1) is 21.1. The van der Waals surface area contributed by atoms with Crippen LogP contribution in [0.25, 0.3) is 44.5 Å². The Morgan fingerprint density at radius 1 is 1.02 bits per heavy atom. The molecule has 5 heterocycles. The molecule has 0 radical (unpaired) electrons. The lowest BCUT2D eigenvalue weighted by Crippen LogP contribution is -2.29. The molecule has 1 saturated heterocycles. The highest BCUT2D eigenvalue weighted by Gasteiger charge is 2.26. The number of aliphatic hydroxyl groups excluding tert-OH is 1. The van der Waals surface area contributed by atoms with Crippen LogP contribution in [0.5, 0.6) is 0 Å². The molecule has 4 aromatic heterocycles. The minimum atomic E-state index is -0.513. The Labute approximate surface area is 258 Å². The Kier molecular flexibility index (Phi) is 7.28. The van der Waals surface area contributed by atoms with E-state index in [1.807, 2.05) is 47.5 Å². The summed E-state index contributed by atoms with van der Waals surface area (Å²) in [5, 5.41) is 23.8. The van der Waals surface area contributed by atoms with Crippen molar-refractivity contribution in [2.45, 2.75) is 44.2 Å². The first kappa shape index (κ1) is 28.4. The molecule has 2 N–H and O–H groups in total. The standard InChI is InChI=1S/C33H30FN7O2.ClH/c34-27-15-22(20-4-5-20)14-21-9-13-39(33(43)31(21)27)29-3-1-2-25(26(29)19-42)32-30-8-12-36-41(30)18-28(38-32)23-16-37-40(17-23)24-6-10-35-11-7-24;/h1-3,8-9,12-18,20,24,35,42H,4-7,10-11,19H2;1H. The molecule has 0 bridgehead atoms. The van der Waals surface area contributed by atoms with Crippen LogP contribution in [0.2, 0.25) is 0 Å². The Bertz CT molecular complexity index is 2070. The van der Waals surface area contributed by atoms with Crippen LogP contribution >= 0.6 is 12.4 Å². The molecule has 1 saturated carbocycles. The highest BCUT2D eigenvalue weighted by molar-refractivity contribution is 5.86. The van der Waals surface area contributed by atoms with Gasteiger partial charge in [-0.2, -0.15) is 10.2 Å². The molecule has 2 fully saturated rings. The number of aromatic nitrogens is 6. The lowest BCUT2D eigenvalue weighted by Gasteiger charge is -2.22. The third kappa shape index (κ3) is 4.79. The molecule has 1 aliphatic carbocycles. The second kappa shape index (κ2) is 11.3. The zero-order valence-corrected chi connectivity index (χ0v) is 24.7. The summed E-state index contributed by atoms with van der Waals surface area (Å²) in [7, 11) is 0. The average Bonchev–Trinajstić information content (AvgIpc) is 3.57. The van der Waals surface area contributed by atoms with Crippen molar-refractivity contribution in [3.63, 3.8) is 0 Å². The van der Waals surface area contributed by atoms with Gasteiger partial charge in [0.2, 0.25) is 0 Å².